The molecule has 168 valence electrons. The molecule has 0 aliphatic carbocycles. The molecule has 0 N–H and O–H groups in total. The lowest BCUT2D eigenvalue weighted by molar-refractivity contribution is -0.123. The summed E-state index contributed by atoms with van der Waals surface area (Å²) in [6.07, 6.45) is 7.59. The van der Waals surface area contributed by atoms with Crippen molar-refractivity contribution >= 4 is 51.7 Å². The van der Waals surface area contributed by atoms with Crippen LogP contribution in [0.15, 0.2) is 34.1 Å². The van der Waals surface area contributed by atoms with Crippen LogP contribution in [0.1, 0.15) is 38.2 Å². The first-order chi connectivity index (χ1) is 15.5. The van der Waals surface area contributed by atoms with E-state index in [0.29, 0.717) is 38.7 Å². The molecule has 3 fully saturated rings. The molecule has 9 heteroatoms. The standard InChI is InChI=1S/C23H26N4O3S2/c1-15-6-4-9-25(13-15)20-17(21(28)26-10-3-2-8-19(26)24-20)12-18-22(29)27(23(31)32-18)14-16-7-5-11-30-16/h2-3,8,10,12,15-16H,4-7,9,11,13-14H2,1H3/b18-12+/t15-,16+/m0/s1. The highest BCUT2D eigenvalue weighted by atomic mass is 32.2. The van der Waals surface area contributed by atoms with E-state index in [2.05, 4.69) is 11.8 Å². The predicted molar refractivity (Wildman–Crippen MR) is 131 cm³/mol. The Labute approximate surface area is 196 Å². The van der Waals surface area contributed by atoms with E-state index >= 15 is 0 Å². The van der Waals surface area contributed by atoms with Crippen molar-refractivity contribution in [1.82, 2.24) is 14.3 Å². The van der Waals surface area contributed by atoms with Gasteiger partial charge in [0.2, 0.25) is 0 Å². The Morgan fingerprint density at radius 2 is 2.16 bits per heavy atom. The van der Waals surface area contributed by atoms with Crippen LogP contribution in [-0.2, 0) is 9.53 Å². The van der Waals surface area contributed by atoms with Crippen LogP contribution in [0.5, 0.6) is 0 Å². The molecule has 3 aliphatic rings. The second-order valence-corrected chi connectivity index (χ2v) is 10.4. The zero-order valence-electron chi connectivity index (χ0n) is 18.0. The van der Waals surface area contributed by atoms with Gasteiger partial charge in [-0.25, -0.2) is 4.98 Å². The number of thiocarbonyl (C=S) groups is 1. The molecule has 0 saturated carbocycles. The summed E-state index contributed by atoms with van der Waals surface area (Å²) >= 11 is 6.74. The number of ether oxygens (including phenoxy) is 1. The normalized spacial score (nSPS) is 25.5. The van der Waals surface area contributed by atoms with Gasteiger partial charge in [-0.2, -0.15) is 0 Å². The zero-order valence-corrected chi connectivity index (χ0v) is 19.7. The summed E-state index contributed by atoms with van der Waals surface area (Å²) in [6.45, 7) is 5.10. The number of piperidine rings is 1. The van der Waals surface area contributed by atoms with Crippen molar-refractivity contribution in [2.45, 2.75) is 38.7 Å². The number of thioether (sulfide) groups is 1. The van der Waals surface area contributed by atoms with E-state index in [0.717, 1.165) is 39.0 Å². The van der Waals surface area contributed by atoms with Crippen molar-refractivity contribution in [3.8, 4) is 0 Å². The molecule has 0 bridgehead atoms. The predicted octanol–water partition coefficient (Wildman–Crippen LogP) is 3.31. The third-order valence-corrected chi connectivity index (χ3v) is 7.64. The molecule has 7 nitrogen and oxygen atoms in total. The molecule has 3 aliphatic heterocycles. The Bertz CT molecular complexity index is 1160. The van der Waals surface area contributed by atoms with Crippen molar-refractivity contribution in [1.29, 1.82) is 0 Å². The lowest BCUT2D eigenvalue weighted by atomic mass is 10.00. The minimum atomic E-state index is -0.173. The van der Waals surface area contributed by atoms with Crippen LogP contribution >= 0.6 is 24.0 Å². The molecule has 0 radical (unpaired) electrons. The van der Waals surface area contributed by atoms with E-state index < -0.39 is 0 Å². The Morgan fingerprint density at radius 3 is 2.94 bits per heavy atom. The molecule has 0 aromatic carbocycles. The monoisotopic (exact) mass is 470 g/mol. The average molecular weight is 471 g/mol. The number of anilines is 1. The molecule has 32 heavy (non-hydrogen) atoms. The maximum absolute atomic E-state index is 13.5. The molecule has 5 rings (SSSR count). The van der Waals surface area contributed by atoms with Crippen molar-refractivity contribution in [2.75, 3.05) is 31.1 Å². The Kier molecular flexibility index (Phi) is 6.05. The third-order valence-electron chi connectivity index (χ3n) is 6.26. The van der Waals surface area contributed by atoms with Crippen molar-refractivity contribution in [3.05, 3.63) is 45.2 Å². The van der Waals surface area contributed by atoms with Gasteiger partial charge in [0, 0.05) is 25.9 Å². The SMILES string of the molecule is C[C@H]1CCCN(c2nc3ccccn3c(=O)c2/C=C2/SC(=S)N(C[C@H]3CCCO3)C2=O)C1. The number of nitrogens with zero attached hydrogens (tertiary/aromatic N) is 4. The number of hydrogen-bond donors (Lipinski definition) is 0. The number of carbonyl (C=O) groups excluding carboxylic acids is 1. The summed E-state index contributed by atoms with van der Waals surface area (Å²) in [5, 5.41) is 0. The van der Waals surface area contributed by atoms with Gasteiger partial charge in [-0.05, 0) is 49.8 Å². The summed E-state index contributed by atoms with van der Waals surface area (Å²) in [4.78, 5) is 35.7. The lowest BCUT2D eigenvalue weighted by Gasteiger charge is -2.32. The first kappa shape index (κ1) is 21.6. The van der Waals surface area contributed by atoms with Gasteiger partial charge >= 0.3 is 0 Å². The summed E-state index contributed by atoms with van der Waals surface area (Å²) < 4.78 is 7.74. The fraction of sp³-hybridized carbons (Fsp3) is 0.478. The van der Waals surface area contributed by atoms with Gasteiger partial charge in [0.15, 0.2) is 0 Å². The number of carbonyl (C=O) groups is 1. The third kappa shape index (κ3) is 4.09. The molecule has 0 spiro atoms. The van der Waals surface area contributed by atoms with Gasteiger partial charge in [0.1, 0.15) is 15.8 Å². The van der Waals surface area contributed by atoms with Crippen LogP contribution in [0.3, 0.4) is 0 Å². The average Bonchev–Trinajstić information content (AvgIpc) is 3.39. The molecule has 3 saturated heterocycles. The zero-order chi connectivity index (χ0) is 22.2. The van der Waals surface area contributed by atoms with Crippen LogP contribution in [0.25, 0.3) is 11.7 Å². The minimum Gasteiger partial charge on any atom is -0.376 e. The summed E-state index contributed by atoms with van der Waals surface area (Å²) in [5.74, 6) is 1.01. The first-order valence-corrected chi connectivity index (χ1v) is 12.4. The maximum atomic E-state index is 13.5. The highest BCUT2D eigenvalue weighted by Gasteiger charge is 2.35. The number of amides is 1. The quantitative estimate of drug-likeness (QED) is 0.502. The van der Waals surface area contributed by atoms with Gasteiger partial charge in [-0.15, -0.1) is 0 Å². The summed E-state index contributed by atoms with van der Waals surface area (Å²) in [6, 6.07) is 5.52. The van der Waals surface area contributed by atoms with Gasteiger partial charge in [-0.1, -0.05) is 37.0 Å². The van der Waals surface area contributed by atoms with Gasteiger partial charge < -0.3 is 9.64 Å². The largest absolute Gasteiger partial charge is 0.376 e. The Morgan fingerprint density at radius 1 is 1.28 bits per heavy atom. The molecule has 0 unspecified atom stereocenters. The molecule has 2 aromatic rings. The van der Waals surface area contributed by atoms with E-state index in [1.165, 1.54) is 22.6 Å². The van der Waals surface area contributed by atoms with Crippen molar-refractivity contribution in [2.24, 2.45) is 5.92 Å². The topological polar surface area (TPSA) is 67.2 Å². The van der Waals surface area contributed by atoms with Gasteiger partial charge in [0.25, 0.3) is 11.5 Å². The van der Waals surface area contributed by atoms with Crippen molar-refractivity contribution in [3.63, 3.8) is 0 Å². The molecule has 2 aromatic heterocycles. The second-order valence-electron chi connectivity index (χ2n) is 8.70. The first-order valence-electron chi connectivity index (χ1n) is 11.1. The molecule has 1 amide bonds. The van der Waals surface area contributed by atoms with Crippen LogP contribution < -0.4 is 10.5 Å². The Balaban J connectivity index is 1.55. The molecular weight excluding hydrogens is 444 g/mol. The van der Waals surface area contributed by atoms with Crippen LogP contribution in [0.2, 0.25) is 0 Å². The number of rotatable bonds is 4. The number of hydrogen-bond acceptors (Lipinski definition) is 7. The van der Waals surface area contributed by atoms with E-state index in [4.69, 9.17) is 21.9 Å². The number of aromatic nitrogens is 2. The van der Waals surface area contributed by atoms with Crippen LogP contribution in [0.4, 0.5) is 5.82 Å². The molecular formula is C23H26N4O3S2. The van der Waals surface area contributed by atoms with Gasteiger partial charge in [0.05, 0.1) is 23.1 Å². The second kappa shape index (κ2) is 8.96. The molecule has 2 atom stereocenters. The minimum absolute atomic E-state index is 0.0233. The molecule has 5 heterocycles. The lowest BCUT2D eigenvalue weighted by Crippen LogP contribution is -2.37. The Hall–Kier alpha value is -2.23. The number of pyridine rings is 1. The van der Waals surface area contributed by atoms with E-state index in [-0.39, 0.29) is 17.6 Å². The maximum Gasteiger partial charge on any atom is 0.267 e. The summed E-state index contributed by atoms with van der Waals surface area (Å²) in [5.41, 5.74) is 0.877. The highest BCUT2D eigenvalue weighted by Crippen LogP contribution is 2.35. The fourth-order valence-electron chi connectivity index (χ4n) is 4.62. The van der Waals surface area contributed by atoms with E-state index in [1.54, 1.807) is 17.2 Å². The van der Waals surface area contributed by atoms with Gasteiger partial charge in [-0.3, -0.25) is 18.9 Å². The highest BCUT2D eigenvalue weighted by molar-refractivity contribution is 8.26. The van der Waals surface area contributed by atoms with E-state index in [1.807, 2.05) is 18.2 Å². The van der Waals surface area contributed by atoms with Crippen molar-refractivity contribution < 1.29 is 9.53 Å². The smallest absolute Gasteiger partial charge is 0.267 e. The van der Waals surface area contributed by atoms with Crippen LogP contribution in [0, 0.1) is 5.92 Å². The van der Waals surface area contributed by atoms with E-state index in [9.17, 15) is 9.59 Å². The summed E-state index contributed by atoms with van der Waals surface area (Å²) in [7, 11) is 0. The van der Waals surface area contributed by atoms with Crippen LogP contribution in [-0.4, -0.2) is 56.9 Å². The number of fused-ring (bicyclic) bond motifs is 1. The fourth-order valence-corrected chi connectivity index (χ4v) is 5.88.